The zero-order valence-corrected chi connectivity index (χ0v) is 19.3. The Kier molecular flexibility index (Phi) is 6.87. The van der Waals surface area contributed by atoms with E-state index in [4.69, 9.17) is 4.74 Å². The number of aliphatic carboxylic acids is 1. The summed E-state index contributed by atoms with van der Waals surface area (Å²) in [5, 5.41) is 9.42. The van der Waals surface area contributed by atoms with Gasteiger partial charge in [0.05, 0.1) is 7.11 Å². The Balaban J connectivity index is 1.42. The minimum absolute atomic E-state index is 0.0858. The molecule has 0 aliphatic heterocycles. The van der Waals surface area contributed by atoms with Crippen LogP contribution in [-0.2, 0) is 4.79 Å². The first-order chi connectivity index (χ1) is 15.8. The third kappa shape index (κ3) is 5.29. The lowest BCUT2D eigenvalue weighted by atomic mass is 9.78. The molecule has 2 aliphatic carbocycles. The molecule has 1 unspecified atom stereocenters. The zero-order chi connectivity index (χ0) is 23.6. The zero-order valence-electron chi connectivity index (χ0n) is 19.3. The van der Waals surface area contributed by atoms with Crippen molar-refractivity contribution in [2.45, 2.75) is 63.0 Å². The monoisotopic (exact) mass is 454 g/mol. The number of carbonyl (C=O) groups is 1. The van der Waals surface area contributed by atoms with E-state index in [-0.39, 0.29) is 17.7 Å². The quantitative estimate of drug-likeness (QED) is 0.462. The smallest absolute Gasteiger partial charge is 0.341 e. The number of carboxylic acid groups (broad SMARTS) is 1. The summed E-state index contributed by atoms with van der Waals surface area (Å²) in [6.07, 6.45) is 9.77. The maximum absolute atomic E-state index is 15.1. The van der Waals surface area contributed by atoms with E-state index in [9.17, 15) is 14.3 Å². The Labute approximate surface area is 194 Å². The van der Waals surface area contributed by atoms with Gasteiger partial charge in [-0.2, -0.15) is 0 Å². The summed E-state index contributed by atoms with van der Waals surface area (Å²) in [6.45, 7) is 1.18. The number of alkyl halides is 1. The molecule has 0 heterocycles. The van der Waals surface area contributed by atoms with Gasteiger partial charge in [0.25, 0.3) is 0 Å². The predicted molar refractivity (Wildman–Crippen MR) is 126 cm³/mol. The molecule has 33 heavy (non-hydrogen) atoms. The number of methoxy groups -OCH3 is 1. The number of carboxylic acids is 1. The highest BCUT2D eigenvalue weighted by Gasteiger charge is 2.50. The van der Waals surface area contributed by atoms with Crippen molar-refractivity contribution >= 4 is 12.0 Å². The van der Waals surface area contributed by atoms with Gasteiger partial charge in [0, 0.05) is 5.92 Å². The Morgan fingerprint density at radius 2 is 1.85 bits per heavy atom. The van der Waals surface area contributed by atoms with E-state index in [1.54, 1.807) is 13.2 Å². The van der Waals surface area contributed by atoms with Crippen LogP contribution >= 0.6 is 0 Å². The van der Waals surface area contributed by atoms with Gasteiger partial charge >= 0.3 is 5.97 Å². The van der Waals surface area contributed by atoms with Gasteiger partial charge in [0.15, 0.2) is 0 Å². The number of ether oxygens (including phenoxy) is 1. The summed E-state index contributed by atoms with van der Waals surface area (Å²) in [5.74, 6) is -0.819. The summed E-state index contributed by atoms with van der Waals surface area (Å²) < 4.78 is 34.6. The van der Waals surface area contributed by atoms with Gasteiger partial charge < -0.3 is 9.84 Å². The van der Waals surface area contributed by atoms with Crippen molar-refractivity contribution in [2.75, 3.05) is 7.11 Å². The van der Waals surface area contributed by atoms with Crippen LogP contribution < -0.4 is 4.74 Å². The topological polar surface area (TPSA) is 46.5 Å². The van der Waals surface area contributed by atoms with E-state index >= 15 is 4.39 Å². The molecule has 0 radical (unpaired) electrons. The maximum Gasteiger partial charge on any atom is 0.341 e. The summed E-state index contributed by atoms with van der Waals surface area (Å²) in [5.41, 5.74) is 0.171. The van der Waals surface area contributed by atoms with Gasteiger partial charge in [-0.1, -0.05) is 36.4 Å². The maximum atomic E-state index is 15.1. The van der Waals surface area contributed by atoms with Crippen molar-refractivity contribution in [3.63, 3.8) is 0 Å². The number of halogens is 2. The molecule has 5 heteroatoms. The summed E-state index contributed by atoms with van der Waals surface area (Å²) in [6, 6.07) is 12.6. The Morgan fingerprint density at radius 3 is 2.48 bits per heavy atom. The molecule has 2 atom stereocenters. The molecule has 2 aromatic rings. The summed E-state index contributed by atoms with van der Waals surface area (Å²) in [7, 11) is 1.59. The van der Waals surface area contributed by atoms with Crippen molar-refractivity contribution in [3.8, 4) is 5.75 Å². The Hall–Kier alpha value is -2.69. The number of rotatable bonds is 8. The summed E-state index contributed by atoms with van der Waals surface area (Å²) in [4.78, 5) is 11.6. The van der Waals surface area contributed by atoms with E-state index in [2.05, 4.69) is 12.2 Å². The molecule has 0 amide bonds. The molecule has 176 valence electrons. The number of hydrogen-bond acceptors (Lipinski definition) is 2. The van der Waals surface area contributed by atoms with Gasteiger partial charge in [0.1, 0.15) is 11.6 Å². The molecule has 0 spiro atoms. The molecule has 0 bridgehead atoms. The average molecular weight is 455 g/mol. The van der Waals surface area contributed by atoms with Gasteiger partial charge in [-0.05, 0) is 98.1 Å². The van der Waals surface area contributed by atoms with E-state index in [1.165, 1.54) is 13.0 Å². The van der Waals surface area contributed by atoms with Crippen molar-refractivity contribution in [1.82, 2.24) is 0 Å². The third-order valence-corrected chi connectivity index (χ3v) is 7.34. The molecular formula is C28H32F2O3. The fraction of sp³-hybridized carbons (Fsp3) is 0.464. The van der Waals surface area contributed by atoms with Gasteiger partial charge in [-0.25, -0.2) is 13.6 Å². The van der Waals surface area contributed by atoms with Crippen LogP contribution in [0, 0.1) is 17.7 Å². The molecule has 0 aromatic heterocycles. The highest BCUT2D eigenvalue weighted by molar-refractivity contribution is 5.78. The lowest BCUT2D eigenvalue weighted by Crippen LogP contribution is -2.38. The van der Waals surface area contributed by atoms with Crippen LogP contribution in [-0.4, -0.2) is 23.9 Å². The first kappa shape index (κ1) is 23.5. The molecule has 2 saturated carbocycles. The largest absolute Gasteiger partial charge is 0.497 e. The SMILES string of the molecule is COc1ccc(F)c([C@H]2CC[C@H](/C=C/c3cccc([C@H](C4CC4)C(C)(F)C(=O)O)c3)CC2)c1. The van der Waals surface area contributed by atoms with Crippen LogP contribution in [0.3, 0.4) is 0 Å². The lowest BCUT2D eigenvalue weighted by Gasteiger charge is -2.28. The number of allylic oxidation sites excluding steroid dienone is 1. The van der Waals surface area contributed by atoms with Gasteiger partial charge in [-0.3, -0.25) is 0 Å². The van der Waals surface area contributed by atoms with E-state index in [0.29, 0.717) is 11.7 Å². The molecule has 2 aliphatic rings. The van der Waals surface area contributed by atoms with Crippen LogP contribution in [0.15, 0.2) is 48.5 Å². The summed E-state index contributed by atoms with van der Waals surface area (Å²) >= 11 is 0. The second-order valence-electron chi connectivity index (χ2n) is 9.72. The second-order valence-corrected chi connectivity index (χ2v) is 9.72. The Bertz CT molecular complexity index is 1020. The minimum atomic E-state index is -2.28. The average Bonchev–Trinajstić information content (AvgIpc) is 3.63. The minimum Gasteiger partial charge on any atom is -0.497 e. The van der Waals surface area contributed by atoms with Crippen LogP contribution in [0.4, 0.5) is 8.78 Å². The third-order valence-electron chi connectivity index (χ3n) is 7.34. The van der Waals surface area contributed by atoms with Crippen LogP contribution in [0.2, 0.25) is 0 Å². The Morgan fingerprint density at radius 1 is 1.12 bits per heavy atom. The van der Waals surface area contributed by atoms with Gasteiger partial charge in [0.2, 0.25) is 5.67 Å². The fourth-order valence-electron chi connectivity index (χ4n) is 5.28. The molecule has 2 aromatic carbocycles. The molecule has 3 nitrogen and oxygen atoms in total. The van der Waals surface area contributed by atoms with Crippen LogP contribution in [0.1, 0.15) is 74.0 Å². The molecule has 0 saturated heterocycles. The lowest BCUT2D eigenvalue weighted by molar-refractivity contribution is -0.151. The molecular weight excluding hydrogens is 422 g/mol. The standard InChI is InChI=1S/C28H32F2O3/c1-28(30,27(31)32)26(21-12-13-21)22-5-3-4-19(16-22)7-6-18-8-10-20(11-9-18)24-17-23(33-2)14-15-25(24)29/h3-7,14-18,20-21,26H,8-13H2,1-2H3,(H,31,32)/b7-6+/t18-,20-,26-,28?/m0/s1. The van der Waals surface area contributed by atoms with E-state index in [0.717, 1.165) is 55.2 Å². The van der Waals surface area contributed by atoms with Crippen molar-refractivity contribution in [3.05, 3.63) is 71.0 Å². The van der Waals surface area contributed by atoms with Crippen molar-refractivity contribution in [1.29, 1.82) is 0 Å². The van der Waals surface area contributed by atoms with Gasteiger partial charge in [-0.15, -0.1) is 0 Å². The van der Waals surface area contributed by atoms with Crippen LogP contribution in [0.25, 0.3) is 6.08 Å². The van der Waals surface area contributed by atoms with Crippen molar-refractivity contribution in [2.24, 2.45) is 11.8 Å². The number of benzene rings is 2. The molecule has 1 N–H and O–H groups in total. The first-order valence-corrected chi connectivity index (χ1v) is 11.8. The first-order valence-electron chi connectivity index (χ1n) is 11.8. The normalized spacial score (nSPS) is 23.8. The molecule has 4 rings (SSSR count). The van der Waals surface area contributed by atoms with E-state index in [1.807, 2.05) is 30.3 Å². The van der Waals surface area contributed by atoms with Crippen molar-refractivity contribution < 1.29 is 23.4 Å². The predicted octanol–water partition coefficient (Wildman–Crippen LogP) is 7.13. The van der Waals surface area contributed by atoms with E-state index < -0.39 is 17.6 Å². The number of hydrogen-bond donors (Lipinski definition) is 1. The molecule has 2 fully saturated rings. The fourth-order valence-corrected chi connectivity index (χ4v) is 5.28. The highest BCUT2D eigenvalue weighted by atomic mass is 19.1. The second kappa shape index (κ2) is 9.66. The highest BCUT2D eigenvalue weighted by Crippen LogP contribution is 2.50. The van der Waals surface area contributed by atoms with Crippen LogP contribution in [0.5, 0.6) is 5.75 Å².